The number of nitrogens with one attached hydrogen (secondary N) is 1. The molecule has 0 bridgehead atoms. The SMILES string of the molecule is COc1cccc(-c2nc(OCC(C)C)nn2-c2ccc(NC(=O)C(C)C)cc2)c1. The maximum Gasteiger partial charge on any atom is 0.336 e. The number of aromatic nitrogens is 3. The topological polar surface area (TPSA) is 78.3 Å². The van der Waals surface area contributed by atoms with Gasteiger partial charge in [0.1, 0.15) is 5.75 Å². The van der Waals surface area contributed by atoms with E-state index in [-0.39, 0.29) is 11.8 Å². The fourth-order valence-electron chi connectivity index (χ4n) is 2.70. The number of carbonyl (C=O) groups excluding carboxylic acids is 1. The Hall–Kier alpha value is -3.35. The molecule has 0 spiro atoms. The van der Waals surface area contributed by atoms with Crippen LogP contribution in [0, 0.1) is 11.8 Å². The summed E-state index contributed by atoms with van der Waals surface area (Å²) in [5, 5.41) is 7.45. The molecular weight excluding hydrogens is 380 g/mol. The molecule has 0 aliphatic rings. The average molecular weight is 409 g/mol. The highest BCUT2D eigenvalue weighted by Crippen LogP contribution is 2.27. The van der Waals surface area contributed by atoms with Crippen LogP contribution in [0.3, 0.4) is 0 Å². The van der Waals surface area contributed by atoms with Gasteiger partial charge in [-0.2, -0.15) is 4.98 Å². The van der Waals surface area contributed by atoms with Crippen LogP contribution in [0.4, 0.5) is 5.69 Å². The second-order valence-electron chi connectivity index (χ2n) is 7.76. The second kappa shape index (κ2) is 9.43. The Labute approximate surface area is 177 Å². The van der Waals surface area contributed by atoms with Gasteiger partial charge in [0, 0.05) is 17.2 Å². The quantitative estimate of drug-likeness (QED) is 0.591. The summed E-state index contributed by atoms with van der Waals surface area (Å²) in [4.78, 5) is 16.5. The zero-order valence-corrected chi connectivity index (χ0v) is 18.0. The van der Waals surface area contributed by atoms with Gasteiger partial charge < -0.3 is 14.8 Å². The smallest absolute Gasteiger partial charge is 0.336 e. The summed E-state index contributed by atoms with van der Waals surface area (Å²) in [6.07, 6.45) is 0. The molecule has 1 amide bonds. The van der Waals surface area contributed by atoms with Crippen molar-refractivity contribution < 1.29 is 14.3 Å². The Kier molecular flexibility index (Phi) is 6.72. The molecule has 0 radical (unpaired) electrons. The summed E-state index contributed by atoms with van der Waals surface area (Å²) >= 11 is 0. The van der Waals surface area contributed by atoms with Crippen LogP contribution in [-0.4, -0.2) is 34.4 Å². The lowest BCUT2D eigenvalue weighted by Gasteiger charge is -2.10. The number of hydrogen-bond acceptors (Lipinski definition) is 5. The zero-order valence-electron chi connectivity index (χ0n) is 18.0. The Morgan fingerprint density at radius 2 is 1.83 bits per heavy atom. The van der Waals surface area contributed by atoms with Crippen molar-refractivity contribution >= 4 is 11.6 Å². The zero-order chi connectivity index (χ0) is 21.7. The lowest BCUT2D eigenvalue weighted by Crippen LogP contribution is -2.17. The van der Waals surface area contributed by atoms with Crippen LogP contribution in [0.2, 0.25) is 0 Å². The molecule has 1 heterocycles. The second-order valence-corrected chi connectivity index (χ2v) is 7.76. The Morgan fingerprint density at radius 3 is 2.47 bits per heavy atom. The van der Waals surface area contributed by atoms with Gasteiger partial charge in [-0.1, -0.05) is 39.8 Å². The lowest BCUT2D eigenvalue weighted by molar-refractivity contribution is -0.118. The maximum atomic E-state index is 11.9. The van der Waals surface area contributed by atoms with E-state index in [1.165, 1.54) is 0 Å². The molecule has 0 saturated heterocycles. The Morgan fingerprint density at radius 1 is 1.10 bits per heavy atom. The van der Waals surface area contributed by atoms with Crippen molar-refractivity contribution in [3.05, 3.63) is 48.5 Å². The molecule has 1 N–H and O–H groups in total. The number of amides is 1. The van der Waals surface area contributed by atoms with Crippen LogP contribution in [0.25, 0.3) is 17.1 Å². The molecule has 0 atom stereocenters. The van der Waals surface area contributed by atoms with E-state index in [0.29, 0.717) is 24.4 Å². The minimum Gasteiger partial charge on any atom is -0.497 e. The average Bonchev–Trinajstić information content (AvgIpc) is 3.17. The predicted octanol–water partition coefficient (Wildman–Crippen LogP) is 4.57. The normalized spacial score (nSPS) is 11.0. The van der Waals surface area contributed by atoms with E-state index in [9.17, 15) is 4.79 Å². The predicted molar refractivity (Wildman–Crippen MR) is 117 cm³/mol. The number of ether oxygens (including phenoxy) is 2. The molecule has 0 fully saturated rings. The number of carbonyl (C=O) groups is 1. The first-order valence-electron chi connectivity index (χ1n) is 10.0. The summed E-state index contributed by atoms with van der Waals surface area (Å²) in [5.41, 5.74) is 2.40. The van der Waals surface area contributed by atoms with E-state index in [1.54, 1.807) is 11.8 Å². The number of benzene rings is 2. The third-order valence-electron chi connectivity index (χ3n) is 4.37. The molecule has 0 saturated carbocycles. The number of rotatable bonds is 8. The molecule has 3 rings (SSSR count). The number of hydrogen-bond donors (Lipinski definition) is 1. The van der Waals surface area contributed by atoms with Crippen LogP contribution in [-0.2, 0) is 4.79 Å². The van der Waals surface area contributed by atoms with E-state index < -0.39 is 0 Å². The van der Waals surface area contributed by atoms with Crippen LogP contribution >= 0.6 is 0 Å². The van der Waals surface area contributed by atoms with Gasteiger partial charge in [-0.15, -0.1) is 5.10 Å². The molecule has 0 aliphatic heterocycles. The highest BCUT2D eigenvalue weighted by atomic mass is 16.5. The van der Waals surface area contributed by atoms with Gasteiger partial charge in [0.2, 0.25) is 5.91 Å². The van der Waals surface area contributed by atoms with Gasteiger partial charge in [-0.3, -0.25) is 4.79 Å². The van der Waals surface area contributed by atoms with Crippen molar-refractivity contribution in [1.82, 2.24) is 14.8 Å². The monoisotopic (exact) mass is 408 g/mol. The summed E-state index contributed by atoms with van der Waals surface area (Å²) in [7, 11) is 1.63. The minimum absolute atomic E-state index is 0.0232. The molecule has 30 heavy (non-hydrogen) atoms. The number of methoxy groups -OCH3 is 1. The van der Waals surface area contributed by atoms with E-state index in [1.807, 2.05) is 62.4 Å². The summed E-state index contributed by atoms with van der Waals surface area (Å²) in [6.45, 7) is 8.40. The minimum atomic E-state index is -0.0830. The largest absolute Gasteiger partial charge is 0.497 e. The third-order valence-corrected chi connectivity index (χ3v) is 4.37. The van der Waals surface area contributed by atoms with Gasteiger partial charge in [0.15, 0.2) is 5.82 Å². The van der Waals surface area contributed by atoms with Crippen molar-refractivity contribution in [2.24, 2.45) is 11.8 Å². The Balaban J connectivity index is 1.96. The van der Waals surface area contributed by atoms with Gasteiger partial charge in [0.25, 0.3) is 0 Å². The van der Waals surface area contributed by atoms with Crippen LogP contribution in [0.1, 0.15) is 27.7 Å². The third kappa shape index (κ3) is 5.17. The summed E-state index contributed by atoms with van der Waals surface area (Å²) in [6, 6.07) is 15.4. The molecule has 1 aromatic heterocycles. The first-order chi connectivity index (χ1) is 14.4. The molecule has 158 valence electrons. The summed E-state index contributed by atoms with van der Waals surface area (Å²) in [5.74, 6) is 1.64. The van der Waals surface area contributed by atoms with Crippen molar-refractivity contribution in [3.8, 4) is 28.8 Å². The highest BCUT2D eigenvalue weighted by molar-refractivity contribution is 5.92. The highest BCUT2D eigenvalue weighted by Gasteiger charge is 2.16. The van der Waals surface area contributed by atoms with Crippen molar-refractivity contribution in [2.45, 2.75) is 27.7 Å². The molecule has 7 heteroatoms. The molecule has 0 aliphatic carbocycles. The number of nitrogens with zero attached hydrogens (tertiary/aromatic N) is 3. The molecule has 2 aromatic carbocycles. The molecule has 7 nitrogen and oxygen atoms in total. The van der Waals surface area contributed by atoms with E-state index in [2.05, 4.69) is 29.2 Å². The van der Waals surface area contributed by atoms with Crippen molar-refractivity contribution in [3.63, 3.8) is 0 Å². The maximum absolute atomic E-state index is 11.9. The van der Waals surface area contributed by atoms with E-state index in [0.717, 1.165) is 22.7 Å². The molecular formula is C23H28N4O3. The van der Waals surface area contributed by atoms with Gasteiger partial charge in [0.05, 0.1) is 19.4 Å². The van der Waals surface area contributed by atoms with Crippen LogP contribution in [0.5, 0.6) is 11.8 Å². The standard InChI is InChI=1S/C23H28N4O3/c1-15(2)14-30-23-25-21(17-7-6-8-20(13-17)29-5)27(26-23)19-11-9-18(10-12-19)24-22(28)16(3)4/h6-13,15-16H,14H2,1-5H3,(H,24,28). The van der Waals surface area contributed by atoms with Crippen LogP contribution in [0.15, 0.2) is 48.5 Å². The Bertz CT molecular complexity index is 994. The van der Waals surface area contributed by atoms with Gasteiger partial charge in [-0.05, 0) is 42.3 Å². The van der Waals surface area contributed by atoms with E-state index >= 15 is 0 Å². The fourth-order valence-corrected chi connectivity index (χ4v) is 2.70. The first-order valence-corrected chi connectivity index (χ1v) is 10.0. The van der Waals surface area contributed by atoms with Crippen LogP contribution < -0.4 is 14.8 Å². The molecule has 0 unspecified atom stereocenters. The lowest BCUT2D eigenvalue weighted by atomic mass is 10.2. The van der Waals surface area contributed by atoms with Crippen molar-refractivity contribution in [1.29, 1.82) is 0 Å². The van der Waals surface area contributed by atoms with Gasteiger partial charge in [-0.25, -0.2) is 4.68 Å². The first kappa shape index (κ1) is 21.4. The molecule has 3 aromatic rings. The van der Waals surface area contributed by atoms with E-state index in [4.69, 9.17) is 9.47 Å². The summed E-state index contributed by atoms with van der Waals surface area (Å²) < 4.78 is 12.8. The number of anilines is 1. The van der Waals surface area contributed by atoms with Gasteiger partial charge >= 0.3 is 6.01 Å². The van der Waals surface area contributed by atoms with Crippen molar-refractivity contribution in [2.75, 3.05) is 19.0 Å². The fraction of sp³-hybridized carbons (Fsp3) is 0.348.